The average molecular weight is 337 g/mol. The third-order valence-corrected chi connectivity index (χ3v) is 5.96. The quantitative estimate of drug-likeness (QED) is 0.898. The van der Waals surface area contributed by atoms with Crippen molar-refractivity contribution in [1.29, 1.82) is 0 Å². The normalized spacial score (nSPS) is 23.9. The van der Waals surface area contributed by atoms with Gasteiger partial charge < -0.3 is 5.32 Å². The van der Waals surface area contributed by atoms with Crippen LogP contribution in [0.25, 0.3) is 0 Å². The summed E-state index contributed by atoms with van der Waals surface area (Å²) in [5.74, 6) is 0.282. The van der Waals surface area contributed by atoms with E-state index in [4.69, 9.17) is 0 Å². The molecule has 0 saturated heterocycles. The highest BCUT2D eigenvalue weighted by Crippen LogP contribution is 2.43. The second kappa shape index (κ2) is 6.02. The number of carbonyl (C=O) groups is 2. The minimum Gasteiger partial charge on any atom is -0.329 e. The number of Topliss-reactive ketones (excluding diaryl/α,β-unsaturated/α-hetero) is 1. The molecule has 1 aliphatic heterocycles. The van der Waals surface area contributed by atoms with Gasteiger partial charge in [-0.25, -0.2) is 0 Å². The number of amides is 1. The zero-order valence-corrected chi connectivity index (χ0v) is 14.4. The molecule has 1 amide bonds. The third kappa shape index (κ3) is 2.71. The van der Waals surface area contributed by atoms with Crippen LogP contribution in [-0.2, 0) is 9.59 Å². The minimum absolute atomic E-state index is 0.0181. The average Bonchev–Trinajstić information content (AvgIpc) is 3.08. The maximum Gasteiger partial charge on any atom is 0.225 e. The van der Waals surface area contributed by atoms with Gasteiger partial charge in [0.2, 0.25) is 5.91 Å². The van der Waals surface area contributed by atoms with Crippen LogP contribution in [0.15, 0.2) is 53.0 Å². The van der Waals surface area contributed by atoms with E-state index in [-0.39, 0.29) is 23.5 Å². The molecule has 0 saturated carbocycles. The lowest BCUT2D eigenvalue weighted by Crippen LogP contribution is -2.37. The lowest BCUT2D eigenvalue weighted by Gasteiger charge is -2.34. The number of aryl methyl sites for hydroxylation is 1. The molecule has 0 fully saturated rings. The number of thiophene rings is 1. The first-order valence-corrected chi connectivity index (χ1v) is 9.16. The number of allylic oxidation sites excluding steroid dienone is 2. The molecule has 2 aromatic rings. The fourth-order valence-electron chi connectivity index (χ4n) is 3.77. The summed E-state index contributed by atoms with van der Waals surface area (Å²) >= 11 is 1.62. The number of ketones is 1. The molecule has 1 aliphatic carbocycles. The topological polar surface area (TPSA) is 46.2 Å². The van der Waals surface area contributed by atoms with Crippen LogP contribution >= 0.6 is 11.3 Å². The Hall–Kier alpha value is -2.20. The van der Waals surface area contributed by atoms with E-state index in [0.29, 0.717) is 12.8 Å². The zero-order chi connectivity index (χ0) is 16.7. The van der Waals surface area contributed by atoms with Crippen molar-refractivity contribution in [3.8, 4) is 0 Å². The van der Waals surface area contributed by atoms with Crippen molar-refractivity contribution >= 4 is 23.0 Å². The predicted octanol–water partition coefficient (Wildman–Crippen LogP) is 4.06. The summed E-state index contributed by atoms with van der Waals surface area (Å²) in [5, 5.41) is 4.98. The fourth-order valence-corrected chi connectivity index (χ4v) is 4.60. The van der Waals surface area contributed by atoms with Gasteiger partial charge in [-0.2, -0.15) is 0 Å². The highest BCUT2D eigenvalue weighted by Gasteiger charge is 2.38. The van der Waals surface area contributed by atoms with Crippen molar-refractivity contribution in [3.05, 3.63) is 69.1 Å². The number of benzene rings is 1. The molecule has 1 aromatic heterocycles. The summed E-state index contributed by atoms with van der Waals surface area (Å²) in [5.41, 5.74) is 4.06. The molecular weight excluding hydrogens is 318 g/mol. The third-order valence-electron chi connectivity index (χ3n) is 4.97. The SMILES string of the molecule is Cc1ccc([C@H]2CC(=O)C3=C(C2)NC(=O)C[C@H]3c2cccs2)cc1. The maximum absolute atomic E-state index is 12.9. The minimum atomic E-state index is -0.0692. The second-order valence-electron chi connectivity index (χ2n) is 6.65. The second-order valence-corrected chi connectivity index (χ2v) is 7.63. The van der Waals surface area contributed by atoms with Crippen molar-refractivity contribution in [2.75, 3.05) is 0 Å². The Morgan fingerprint density at radius 1 is 1.04 bits per heavy atom. The fraction of sp³-hybridized carbons (Fsp3) is 0.300. The molecule has 2 atom stereocenters. The van der Waals surface area contributed by atoms with Gasteiger partial charge in [0, 0.05) is 34.9 Å². The lowest BCUT2D eigenvalue weighted by molar-refractivity contribution is -0.122. The van der Waals surface area contributed by atoms with Crippen LogP contribution in [0, 0.1) is 6.92 Å². The molecule has 122 valence electrons. The van der Waals surface area contributed by atoms with Gasteiger partial charge in [0.1, 0.15) is 0 Å². The van der Waals surface area contributed by atoms with Crippen molar-refractivity contribution in [3.63, 3.8) is 0 Å². The summed E-state index contributed by atoms with van der Waals surface area (Å²) in [7, 11) is 0. The van der Waals surface area contributed by atoms with Gasteiger partial charge in [0.05, 0.1) is 0 Å². The van der Waals surface area contributed by atoms with E-state index in [1.165, 1.54) is 11.1 Å². The first-order chi connectivity index (χ1) is 11.6. The lowest BCUT2D eigenvalue weighted by atomic mass is 9.75. The Kier molecular flexibility index (Phi) is 3.85. The summed E-state index contributed by atoms with van der Waals surface area (Å²) in [6.07, 6.45) is 1.64. The van der Waals surface area contributed by atoms with Crippen molar-refractivity contribution in [2.24, 2.45) is 0 Å². The van der Waals surface area contributed by atoms with E-state index in [9.17, 15) is 9.59 Å². The summed E-state index contributed by atoms with van der Waals surface area (Å²) in [6, 6.07) is 12.4. The molecule has 0 unspecified atom stereocenters. The van der Waals surface area contributed by atoms with E-state index < -0.39 is 0 Å². The van der Waals surface area contributed by atoms with Gasteiger partial charge in [0.25, 0.3) is 0 Å². The Morgan fingerprint density at radius 2 is 1.83 bits per heavy atom. The first kappa shape index (κ1) is 15.3. The van der Waals surface area contributed by atoms with E-state index in [0.717, 1.165) is 22.6 Å². The molecule has 3 nitrogen and oxygen atoms in total. The predicted molar refractivity (Wildman–Crippen MR) is 95.0 cm³/mol. The number of hydrogen-bond acceptors (Lipinski definition) is 3. The monoisotopic (exact) mass is 337 g/mol. The molecule has 2 heterocycles. The van der Waals surface area contributed by atoms with E-state index in [1.807, 2.05) is 17.5 Å². The number of hydrogen-bond donors (Lipinski definition) is 1. The number of carbonyl (C=O) groups excluding carboxylic acids is 2. The molecule has 2 aliphatic rings. The molecule has 0 spiro atoms. The number of rotatable bonds is 2. The maximum atomic E-state index is 12.9. The summed E-state index contributed by atoms with van der Waals surface area (Å²) in [6.45, 7) is 2.06. The van der Waals surface area contributed by atoms with E-state index in [1.54, 1.807) is 11.3 Å². The molecule has 0 radical (unpaired) electrons. The zero-order valence-electron chi connectivity index (χ0n) is 13.5. The van der Waals surface area contributed by atoms with Gasteiger partial charge in [-0.15, -0.1) is 11.3 Å². The van der Waals surface area contributed by atoms with Crippen LogP contribution in [0.4, 0.5) is 0 Å². The van der Waals surface area contributed by atoms with Crippen molar-refractivity contribution in [2.45, 2.75) is 38.0 Å². The molecule has 4 heteroatoms. The number of nitrogens with one attached hydrogen (secondary N) is 1. The summed E-state index contributed by atoms with van der Waals surface area (Å²) < 4.78 is 0. The van der Waals surface area contributed by atoms with E-state index in [2.05, 4.69) is 36.5 Å². The molecule has 1 N–H and O–H groups in total. The molecule has 4 rings (SSSR count). The van der Waals surface area contributed by atoms with Gasteiger partial charge in [-0.1, -0.05) is 35.9 Å². The largest absolute Gasteiger partial charge is 0.329 e. The Morgan fingerprint density at radius 3 is 2.54 bits per heavy atom. The smallest absolute Gasteiger partial charge is 0.225 e. The van der Waals surface area contributed by atoms with Crippen LogP contribution in [0.3, 0.4) is 0 Å². The first-order valence-electron chi connectivity index (χ1n) is 8.28. The Balaban J connectivity index is 1.70. The van der Waals surface area contributed by atoms with Crippen molar-refractivity contribution < 1.29 is 9.59 Å². The van der Waals surface area contributed by atoms with Crippen LogP contribution < -0.4 is 5.32 Å². The van der Waals surface area contributed by atoms with Crippen molar-refractivity contribution in [1.82, 2.24) is 5.32 Å². The van der Waals surface area contributed by atoms with Gasteiger partial charge in [-0.3, -0.25) is 9.59 Å². The molecule has 1 aromatic carbocycles. The van der Waals surface area contributed by atoms with Gasteiger partial charge in [0.15, 0.2) is 5.78 Å². The Bertz CT molecular complexity index is 818. The molecule has 0 bridgehead atoms. The van der Waals surface area contributed by atoms with Gasteiger partial charge in [-0.05, 0) is 36.3 Å². The standard InChI is InChI=1S/C20H19NO2S/c1-12-4-6-13(7-5-12)14-9-16-20(17(22)10-14)15(11-19(23)21-16)18-3-2-8-24-18/h2-8,14-15H,9-11H2,1H3,(H,21,23)/t14-,15+/m1/s1. The summed E-state index contributed by atoms with van der Waals surface area (Å²) in [4.78, 5) is 26.2. The van der Waals surface area contributed by atoms with Crippen LogP contribution in [0.5, 0.6) is 0 Å². The van der Waals surface area contributed by atoms with Crippen LogP contribution in [-0.4, -0.2) is 11.7 Å². The van der Waals surface area contributed by atoms with Gasteiger partial charge >= 0.3 is 0 Å². The highest BCUT2D eigenvalue weighted by atomic mass is 32.1. The molecular formula is C20H19NO2S. The van der Waals surface area contributed by atoms with Crippen LogP contribution in [0.2, 0.25) is 0 Å². The highest BCUT2D eigenvalue weighted by molar-refractivity contribution is 7.10. The molecule has 24 heavy (non-hydrogen) atoms. The Labute approximate surface area is 145 Å². The van der Waals surface area contributed by atoms with Crippen LogP contribution in [0.1, 0.15) is 47.1 Å². The van der Waals surface area contributed by atoms with E-state index >= 15 is 0 Å².